The van der Waals surface area contributed by atoms with Crippen LogP contribution in [0.1, 0.15) is 29.9 Å². The third-order valence-corrected chi connectivity index (χ3v) is 4.08. The van der Waals surface area contributed by atoms with E-state index < -0.39 is 6.10 Å². The Morgan fingerprint density at radius 2 is 1.95 bits per heavy atom. The topological polar surface area (TPSA) is 42.4 Å². The molecule has 1 aromatic carbocycles. The minimum Gasteiger partial charge on any atom is -0.484 e. The molecule has 2 aromatic rings. The second-order valence-corrected chi connectivity index (χ2v) is 6.27. The first kappa shape index (κ1) is 13.1. The lowest BCUT2D eigenvalue weighted by Crippen LogP contribution is -2.19. The van der Waals surface area contributed by atoms with Crippen molar-refractivity contribution in [3.8, 4) is 5.75 Å². The third-order valence-electron chi connectivity index (χ3n) is 3.12. The number of aromatic nitrogens is 1. The zero-order valence-electron chi connectivity index (χ0n) is 9.88. The summed E-state index contributed by atoms with van der Waals surface area (Å²) in [6, 6.07) is 9.50. The predicted octanol–water partition coefficient (Wildman–Crippen LogP) is 4.16. The van der Waals surface area contributed by atoms with Gasteiger partial charge in [-0.05, 0) is 46.3 Å². The molecule has 1 aliphatic heterocycles. The van der Waals surface area contributed by atoms with Gasteiger partial charge < -0.3 is 9.84 Å². The average Bonchev–Trinajstić information content (AvgIpc) is 2.40. The number of hydrogen-bond acceptors (Lipinski definition) is 3. The van der Waals surface area contributed by atoms with E-state index in [2.05, 4.69) is 36.8 Å². The molecular weight excluding hydrogens is 374 g/mol. The molecule has 0 radical (unpaired) electrons. The number of aliphatic hydroxyl groups is 1. The van der Waals surface area contributed by atoms with E-state index in [1.807, 2.05) is 30.3 Å². The molecule has 0 saturated carbocycles. The van der Waals surface area contributed by atoms with E-state index in [1.54, 1.807) is 6.20 Å². The molecule has 19 heavy (non-hydrogen) atoms. The van der Waals surface area contributed by atoms with Crippen LogP contribution in [-0.2, 0) is 0 Å². The summed E-state index contributed by atoms with van der Waals surface area (Å²) >= 11 is 6.76. The van der Waals surface area contributed by atoms with Crippen LogP contribution in [0.4, 0.5) is 0 Å². The van der Waals surface area contributed by atoms with Crippen molar-refractivity contribution in [3.05, 3.63) is 56.7 Å². The number of rotatable bonds is 1. The highest BCUT2D eigenvalue weighted by Crippen LogP contribution is 2.41. The van der Waals surface area contributed by atoms with Gasteiger partial charge in [0.1, 0.15) is 11.9 Å². The fraction of sp³-hybridized carbons (Fsp3) is 0.214. The fourth-order valence-corrected chi connectivity index (χ4v) is 2.79. The van der Waals surface area contributed by atoms with Crippen molar-refractivity contribution in [2.75, 3.05) is 0 Å². The van der Waals surface area contributed by atoms with Crippen molar-refractivity contribution < 1.29 is 9.84 Å². The highest BCUT2D eigenvalue weighted by Gasteiger charge is 2.28. The van der Waals surface area contributed by atoms with Crippen LogP contribution in [0, 0.1) is 0 Å². The van der Waals surface area contributed by atoms with Gasteiger partial charge in [-0.3, -0.25) is 4.98 Å². The van der Waals surface area contributed by atoms with Crippen molar-refractivity contribution in [1.82, 2.24) is 4.98 Å². The molecule has 0 bridgehead atoms. The molecule has 3 nitrogen and oxygen atoms in total. The van der Waals surface area contributed by atoms with Crippen LogP contribution < -0.4 is 4.74 Å². The van der Waals surface area contributed by atoms with Crippen LogP contribution in [0.2, 0.25) is 0 Å². The molecule has 1 unspecified atom stereocenters. The second kappa shape index (κ2) is 5.23. The van der Waals surface area contributed by atoms with Gasteiger partial charge in [-0.1, -0.05) is 15.9 Å². The van der Waals surface area contributed by atoms with Crippen LogP contribution in [0.3, 0.4) is 0 Å². The Labute approximate surface area is 127 Å². The monoisotopic (exact) mass is 383 g/mol. The summed E-state index contributed by atoms with van der Waals surface area (Å²) in [7, 11) is 0. The molecule has 0 saturated heterocycles. The lowest BCUT2D eigenvalue weighted by molar-refractivity contribution is 0.0636. The van der Waals surface area contributed by atoms with Gasteiger partial charge in [0, 0.05) is 27.1 Å². The fourth-order valence-electron chi connectivity index (χ4n) is 2.18. The first-order valence-corrected chi connectivity index (χ1v) is 7.48. The normalized spacial score (nSPS) is 21.6. The standard InChI is InChI=1S/C14H11Br2NO2/c15-8-2-4-13-10(5-8)12(18)6-14(19-13)11-3-1-9(16)7-17-11/h1-5,7,12,14,18H,6H2/t12-,14?/m1/s1. The molecule has 1 N–H and O–H groups in total. The van der Waals surface area contributed by atoms with Crippen LogP contribution in [-0.4, -0.2) is 10.1 Å². The highest BCUT2D eigenvalue weighted by atomic mass is 79.9. The van der Waals surface area contributed by atoms with E-state index in [4.69, 9.17) is 4.74 Å². The molecule has 0 aliphatic carbocycles. The highest BCUT2D eigenvalue weighted by molar-refractivity contribution is 9.10. The van der Waals surface area contributed by atoms with Crippen LogP contribution >= 0.6 is 31.9 Å². The Balaban J connectivity index is 1.92. The van der Waals surface area contributed by atoms with Gasteiger partial charge >= 0.3 is 0 Å². The maximum absolute atomic E-state index is 10.2. The molecule has 98 valence electrons. The number of hydrogen-bond donors (Lipinski definition) is 1. The smallest absolute Gasteiger partial charge is 0.143 e. The van der Waals surface area contributed by atoms with Crippen LogP contribution in [0.15, 0.2) is 45.5 Å². The summed E-state index contributed by atoms with van der Waals surface area (Å²) < 4.78 is 7.79. The van der Waals surface area contributed by atoms with Crippen molar-refractivity contribution in [2.45, 2.75) is 18.6 Å². The number of ether oxygens (including phenoxy) is 1. The van der Waals surface area contributed by atoms with E-state index >= 15 is 0 Å². The van der Waals surface area contributed by atoms with Crippen LogP contribution in [0.5, 0.6) is 5.75 Å². The van der Waals surface area contributed by atoms with Crippen molar-refractivity contribution in [1.29, 1.82) is 0 Å². The molecule has 0 spiro atoms. The minimum absolute atomic E-state index is 0.211. The maximum Gasteiger partial charge on any atom is 0.143 e. The molecule has 1 aliphatic rings. The van der Waals surface area contributed by atoms with Gasteiger partial charge in [0.15, 0.2) is 0 Å². The lowest BCUT2D eigenvalue weighted by atomic mass is 9.97. The molecule has 0 amide bonds. The third kappa shape index (κ3) is 2.68. The molecule has 1 aromatic heterocycles. The lowest BCUT2D eigenvalue weighted by Gasteiger charge is -2.29. The first-order valence-electron chi connectivity index (χ1n) is 5.89. The number of fused-ring (bicyclic) bond motifs is 1. The Hall–Kier alpha value is -0.910. The maximum atomic E-state index is 10.2. The molecule has 2 atom stereocenters. The molecule has 2 heterocycles. The number of pyridine rings is 1. The van der Waals surface area contributed by atoms with E-state index in [9.17, 15) is 5.11 Å². The van der Waals surface area contributed by atoms with Crippen molar-refractivity contribution in [2.24, 2.45) is 0 Å². The molecule has 5 heteroatoms. The second-order valence-electron chi connectivity index (χ2n) is 4.44. The molecular formula is C14H11Br2NO2. The van der Waals surface area contributed by atoms with Crippen molar-refractivity contribution >= 4 is 31.9 Å². The Kier molecular flexibility index (Phi) is 3.60. The van der Waals surface area contributed by atoms with Gasteiger partial charge in [0.25, 0.3) is 0 Å². The van der Waals surface area contributed by atoms with Gasteiger partial charge in [-0.15, -0.1) is 0 Å². The van der Waals surface area contributed by atoms with Crippen molar-refractivity contribution in [3.63, 3.8) is 0 Å². The first-order chi connectivity index (χ1) is 9.13. The number of benzene rings is 1. The van der Waals surface area contributed by atoms with Crippen LogP contribution in [0.25, 0.3) is 0 Å². The summed E-state index contributed by atoms with van der Waals surface area (Å²) in [6.07, 6.45) is 1.51. The SMILES string of the molecule is O[C@@H]1CC(c2ccc(Br)cn2)Oc2ccc(Br)cc21. The Morgan fingerprint density at radius 3 is 2.68 bits per heavy atom. The van der Waals surface area contributed by atoms with Gasteiger partial charge in [0.05, 0.1) is 11.8 Å². The van der Waals surface area contributed by atoms with Gasteiger partial charge in [-0.2, -0.15) is 0 Å². The number of nitrogens with zero attached hydrogens (tertiary/aromatic N) is 1. The largest absolute Gasteiger partial charge is 0.484 e. The van der Waals surface area contributed by atoms with E-state index in [0.717, 1.165) is 26.0 Å². The summed E-state index contributed by atoms with van der Waals surface area (Å²) in [6.45, 7) is 0. The van der Waals surface area contributed by atoms with E-state index in [1.165, 1.54) is 0 Å². The Bertz CT molecular complexity index is 601. The number of halogens is 2. The zero-order valence-corrected chi connectivity index (χ0v) is 13.1. The average molecular weight is 385 g/mol. The predicted molar refractivity (Wildman–Crippen MR) is 79.0 cm³/mol. The number of aliphatic hydroxyl groups excluding tert-OH is 1. The molecule has 0 fully saturated rings. The van der Waals surface area contributed by atoms with Gasteiger partial charge in [0.2, 0.25) is 0 Å². The minimum atomic E-state index is -0.531. The summed E-state index contributed by atoms with van der Waals surface area (Å²) in [5.41, 5.74) is 1.65. The quantitative estimate of drug-likeness (QED) is 0.802. The molecule has 3 rings (SSSR count). The summed E-state index contributed by atoms with van der Waals surface area (Å²) in [4.78, 5) is 4.33. The summed E-state index contributed by atoms with van der Waals surface area (Å²) in [5, 5.41) is 10.2. The van der Waals surface area contributed by atoms with E-state index in [0.29, 0.717) is 6.42 Å². The zero-order chi connectivity index (χ0) is 13.4. The Morgan fingerprint density at radius 1 is 1.16 bits per heavy atom. The van der Waals surface area contributed by atoms with Gasteiger partial charge in [-0.25, -0.2) is 0 Å². The van der Waals surface area contributed by atoms with E-state index in [-0.39, 0.29) is 6.10 Å². The summed E-state index contributed by atoms with van der Waals surface area (Å²) in [5.74, 6) is 0.719.